The molecule has 0 spiro atoms. The first-order chi connectivity index (χ1) is 12.3. The Bertz CT molecular complexity index is 799. The van der Waals surface area contributed by atoms with Gasteiger partial charge in [0.1, 0.15) is 10.7 Å². The second-order valence-corrected chi connectivity index (χ2v) is 8.73. The van der Waals surface area contributed by atoms with Crippen LogP contribution in [0.5, 0.6) is 0 Å². The van der Waals surface area contributed by atoms with E-state index in [2.05, 4.69) is 5.32 Å². The third kappa shape index (κ3) is 3.73. The normalized spacial score (nSPS) is 24.7. The van der Waals surface area contributed by atoms with Gasteiger partial charge < -0.3 is 10.4 Å². The maximum atomic E-state index is 13.8. The third-order valence-electron chi connectivity index (χ3n) is 5.11. The van der Waals surface area contributed by atoms with Crippen LogP contribution in [0.3, 0.4) is 0 Å². The van der Waals surface area contributed by atoms with Crippen LogP contribution in [0.2, 0.25) is 0 Å². The van der Waals surface area contributed by atoms with Gasteiger partial charge in [-0.3, -0.25) is 9.59 Å². The van der Waals surface area contributed by atoms with Crippen LogP contribution in [0.4, 0.5) is 4.39 Å². The number of nitrogens with zero attached hydrogens (tertiary/aromatic N) is 1. The van der Waals surface area contributed by atoms with Gasteiger partial charge in [-0.05, 0) is 37.8 Å². The van der Waals surface area contributed by atoms with E-state index in [1.165, 1.54) is 22.5 Å². The highest BCUT2D eigenvalue weighted by atomic mass is 32.2. The lowest BCUT2D eigenvalue weighted by Gasteiger charge is -2.35. The summed E-state index contributed by atoms with van der Waals surface area (Å²) in [4.78, 5) is 22.7. The largest absolute Gasteiger partial charge is 0.481 e. The molecule has 0 aromatic heterocycles. The van der Waals surface area contributed by atoms with Gasteiger partial charge >= 0.3 is 5.97 Å². The lowest BCUT2D eigenvalue weighted by atomic mass is 9.80. The number of carbonyl (C=O) groups excluding carboxylic acids is 1. The highest BCUT2D eigenvalue weighted by Crippen LogP contribution is 2.29. The van der Waals surface area contributed by atoms with Crippen LogP contribution in [-0.2, 0) is 19.6 Å². The average molecular weight is 384 g/mol. The van der Waals surface area contributed by atoms with Gasteiger partial charge in [0, 0.05) is 25.0 Å². The lowest BCUT2D eigenvalue weighted by molar-refractivity contribution is -0.146. The number of nitrogens with one attached hydrogen (secondary N) is 1. The van der Waals surface area contributed by atoms with Crippen LogP contribution in [0.25, 0.3) is 0 Å². The van der Waals surface area contributed by atoms with E-state index in [-0.39, 0.29) is 35.9 Å². The number of rotatable bonds is 5. The van der Waals surface area contributed by atoms with Crippen molar-refractivity contribution in [1.29, 1.82) is 0 Å². The molecule has 0 bridgehead atoms. The zero-order valence-corrected chi connectivity index (χ0v) is 14.9. The quantitative estimate of drug-likeness (QED) is 0.794. The van der Waals surface area contributed by atoms with Crippen molar-refractivity contribution < 1.29 is 27.5 Å². The van der Waals surface area contributed by atoms with Gasteiger partial charge in [-0.1, -0.05) is 12.1 Å². The summed E-state index contributed by atoms with van der Waals surface area (Å²) in [5.41, 5.74) is 0. The molecule has 0 unspecified atom stereocenters. The van der Waals surface area contributed by atoms with Crippen LogP contribution in [0.1, 0.15) is 25.7 Å². The fourth-order valence-electron chi connectivity index (χ4n) is 3.41. The van der Waals surface area contributed by atoms with Crippen molar-refractivity contribution in [3.63, 3.8) is 0 Å². The molecule has 1 aromatic carbocycles. The number of carboxylic acid groups (broad SMARTS) is 1. The molecule has 1 aromatic rings. The Balaban J connectivity index is 1.53. The van der Waals surface area contributed by atoms with Crippen molar-refractivity contribution in [3.8, 4) is 0 Å². The lowest BCUT2D eigenvalue weighted by Crippen LogP contribution is -2.50. The zero-order chi connectivity index (χ0) is 18.9. The van der Waals surface area contributed by atoms with E-state index >= 15 is 0 Å². The molecule has 0 atom stereocenters. The molecule has 2 fully saturated rings. The molecule has 1 saturated heterocycles. The number of amides is 1. The number of hydrogen-bond acceptors (Lipinski definition) is 4. The molecule has 0 radical (unpaired) electrons. The van der Waals surface area contributed by atoms with E-state index < -0.39 is 27.7 Å². The molecule has 1 aliphatic carbocycles. The highest BCUT2D eigenvalue weighted by molar-refractivity contribution is 7.89. The molecule has 9 heteroatoms. The van der Waals surface area contributed by atoms with Crippen LogP contribution in [0, 0.1) is 17.7 Å². The average Bonchev–Trinajstić information content (AvgIpc) is 2.57. The van der Waals surface area contributed by atoms with Gasteiger partial charge in [-0.15, -0.1) is 0 Å². The van der Waals surface area contributed by atoms with E-state index in [1.54, 1.807) is 0 Å². The first-order valence-electron chi connectivity index (χ1n) is 8.57. The number of benzene rings is 1. The minimum atomic E-state index is -3.91. The maximum Gasteiger partial charge on any atom is 0.306 e. The van der Waals surface area contributed by atoms with Crippen molar-refractivity contribution in [1.82, 2.24) is 9.62 Å². The minimum Gasteiger partial charge on any atom is -0.481 e. The number of aliphatic carboxylic acids is 1. The summed E-state index contributed by atoms with van der Waals surface area (Å²) >= 11 is 0. The number of sulfonamides is 1. The molecular formula is C17H21FN2O5S. The Morgan fingerprint density at radius 1 is 1.12 bits per heavy atom. The molecule has 26 heavy (non-hydrogen) atoms. The second kappa shape index (κ2) is 7.32. The fourth-order valence-corrected chi connectivity index (χ4v) is 4.94. The summed E-state index contributed by atoms with van der Waals surface area (Å²) in [7, 11) is -3.91. The standard InChI is InChI=1S/C17H21FN2O5S/c18-14-3-1-2-4-15(14)26(24,25)20-7-5-11(6-8-20)16(21)19-13-9-12(10-13)17(22)23/h1-4,11-13H,5-10H2,(H,19,21)(H,22,23). The predicted octanol–water partition coefficient (Wildman–Crippen LogP) is 1.21. The summed E-state index contributed by atoms with van der Waals surface area (Å²) in [6, 6.07) is 5.12. The van der Waals surface area contributed by atoms with E-state index in [9.17, 15) is 22.4 Å². The van der Waals surface area contributed by atoms with Crippen molar-refractivity contribution in [2.75, 3.05) is 13.1 Å². The van der Waals surface area contributed by atoms with Gasteiger partial charge in [0.25, 0.3) is 0 Å². The number of hydrogen-bond donors (Lipinski definition) is 2. The van der Waals surface area contributed by atoms with Crippen LogP contribution in [-0.4, -0.2) is 48.8 Å². The van der Waals surface area contributed by atoms with Crippen molar-refractivity contribution in [2.45, 2.75) is 36.6 Å². The third-order valence-corrected chi connectivity index (χ3v) is 7.04. The topological polar surface area (TPSA) is 104 Å². The molecule has 7 nitrogen and oxygen atoms in total. The Kier molecular flexibility index (Phi) is 5.29. The number of carboxylic acids is 1. The van der Waals surface area contributed by atoms with E-state index in [0.29, 0.717) is 25.7 Å². The smallest absolute Gasteiger partial charge is 0.306 e. The fraction of sp³-hybridized carbons (Fsp3) is 0.529. The molecule has 1 saturated carbocycles. The molecule has 142 valence electrons. The number of carbonyl (C=O) groups is 2. The summed E-state index contributed by atoms with van der Waals surface area (Å²) in [6.45, 7) is 0.300. The SMILES string of the molecule is O=C(O)C1CC(NC(=O)C2CCN(S(=O)(=O)c3ccccc3F)CC2)C1. The maximum absolute atomic E-state index is 13.8. The molecule has 2 N–H and O–H groups in total. The Morgan fingerprint density at radius 2 is 1.73 bits per heavy atom. The van der Waals surface area contributed by atoms with E-state index in [4.69, 9.17) is 5.11 Å². The van der Waals surface area contributed by atoms with Gasteiger partial charge in [0.15, 0.2) is 0 Å². The Morgan fingerprint density at radius 3 is 2.31 bits per heavy atom. The molecule has 1 aliphatic heterocycles. The number of halogens is 1. The van der Waals surface area contributed by atoms with Crippen LogP contribution < -0.4 is 5.32 Å². The van der Waals surface area contributed by atoms with Crippen LogP contribution >= 0.6 is 0 Å². The van der Waals surface area contributed by atoms with Gasteiger partial charge in [0.2, 0.25) is 15.9 Å². The molecule has 1 amide bonds. The Hall–Kier alpha value is -2.00. The highest BCUT2D eigenvalue weighted by Gasteiger charge is 2.38. The molecular weight excluding hydrogens is 363 g/mol. The van der Waals surface area contributed by atoms with Crippen LogP contribution in [0.15, 0.2) is 29.2 Å². The van der Waals surface area contributed by atoms with Crippen molar-refractivity contribution in [2.24, 2.45) is 11.8 Å². The van der Waals surface area contributed by atoms with Gasteiger partial charge in [-0.25, -0.2) is 12.8 Å². The molecule has 2 aliphatic rings. The van der Waals surface area contributed by atoms with Gasteiger partial charge in [0.05, 0.1) is 5.92 Å². The molecule has 3 rings (SSSR count). The second-order valence-electron chi connectivity index (χ2n) is 6.82. The minimum absolute atomic E-state index is 0.122. The van der Waals surface area contributed by atoms with E-state index in [0.717, 1.165) is 6.07 Å². The van der Waals surface area contributed by atoms with Crippen molar-refractivity contribution >= 4 is 21.9 Å². The summed E-state index contributed by atoms with van der Waals surface area (Å²) in [5, 5.41) is 11.7. The van der Waals surface area contributed by atoms with E-state index in [1.807, 2.05) is 0 Å². The molecule has 1 heterocycles. The van der Waals surface area contributed by atoms with Crippen molar-refractivity contribution in [3.05, 3.63) is 30.1 Å². The summed E-state index contributed by atoms with van der Waals surface area (Å²) in [5.74, 6) is -2.51. The Labute approximate surface area is 151 Å². The first kappa shape index (κ1) is 18.8. The number of piperidine rings is 1. The monoisotopic (exact) mass is 384 g/mol. The van der Waals surface area contributed by atoms with Gasteiger partial charge in [-0.2, -0.15) is 4.31 Å². The summed E-state index contributed by atoms with van der Waals surface area (Å²) < 4.78 is 40.1. The summed E-state index contributed by atoms with van der Waals surface area (Å²) in [6.07, 6.45) is 1.58. The first-order valence-corrected chi connectivity index (χ1v) is 10.0. The predicted molar refractivity (Wildman–Crippen MR) is 90.2 cm³/mol. The zero-order valence-electron chi connectivity index (χ0n) is 14.1.